The molecule has 1 aromatic carbocycles. The number of benzene rings is 1. The van der Waals surface area contributed by atoms with Crippen LogP contribution in [0.1, 0.15) is 35.5 Å². The first kappa shape index (κ1) is 16.0. The van der Waals surface area contributed by atoms with Crippen LogP contribution in [0.4, 0.5) is 14.5 Å². The second kappa shape index (κ2) is 5.36. The molecule has 2 heterocycles. The maximum absolute atomic E-state index is 13.4. The lowest BCUT2D eigenvalue weighted by molar-refractivity contribution is -0.122. The minimum atomic E-state index is -1.17. The number of carbonyl (C=O) groups excluding carboxylic acids is 1. The maximum atomic E-state index is 13.4. The average Bonchev–Trinajstić information content (AvgIpc) is 2.67. The molecule has 0 saturated heterocycles. The third-order valence-corrected chi connectivity index (χ3v) is 4.04. The number of nitrogens with zero attached hydrogens (tertiary/aromatic N) is 2. The molecule has 0 atom stereocenters. The molecule has 1 aliphatic rings. The van der Waals surface area contributed by atoms with Crippen LogP contribution in [-0.2, 0) is 16.8 Å². The number of aromatic nitrogens is 1. The fourth-order valence-corrected chi connectivity index (χ4v) is 2.85. The van der Waals surface area contributed by atoms with Crippen molar-refractivity contribution in [2.45, 2.75) is 25.8 Å². The molecule has 2 aromatic rings. The molecule has 0 radical (unpaired) electrons. The number of carboxylic acids is 1. The number of amides is 1. The van der Waals surface area contributed by atoms with Crippen LogP contribution in [0.5, 0.6) is 0 Å². The second-order valence-corrected chi connectivity index (χ2v) is 6.19. The Hall–Kier alpha value is -2.83. The zero-order valence-corrected chi connectivity index (χ0v) is 13.0. The van der Waals surface area contributed by atoms with Crippen molar-refractivity contribution in [1.82, 2.24) is 4.98 Å². The Kier molecular flexibility index (Phi) is 3.59. The standard InChI is InChI=1S/C17H14F2N2O3/c1-17(2)14-13(5-10(7-20-14)15(22)23)21(16(17)24)8-9-3-11(18)6-12(19)4-9/h3-7H,8H2,1-2H3,(H,22,23). The summed E-state index contributed by atoms with van der Waals surface area (Å²) in [5.41, 5.74) is 0.0435. The zero-order valence-electron chi connectivity index (χ0n) is 13.0. The van der Waals surface area contributed by atoms with Gasteiger partial charge in [0, 0.05) is 12.3 Å². The van der Waals surface area contributed by atoms with Gasteiger partial charge in [0.1, 0.15) is 11.6 Å². The third kappa shape index (κ3) is 2.51. The Balaban J connectivity index is 2.07. The Bertz CT molecular complexity index is 845. The van der Waals surface area contributed by atoms with Gasteiger partial charge in [-0.15, -0.1) is 0 Å². The van der Waals surface area contributed by atoms with Gasteiger partial charge in [-0.3, -0.25) is 9.78 Å². The van der Waals surface area contributed by atoms with Gasteiger partial charge < -0.3 is 10.0 Å². The van der Waals surface area contributed by atoms with E-state index in [0.29, 0.717) is 11.4 Å². The van der Waals surface area contributed by atoms with E-state index in [9.17, 15) is 18.4 Å². The molecule has 1 aliphatic heterocycles. The van der Waals surface area contributed by atoms with Crippen molar-refractivity contribution >= 4 is 17.6 Å². The summed E-state index contributed by atoms with van der Waals surface area (Å²) >= 11 is 0. The SMILES string of the molecule is CC1(C)C(=O)N(Cc2cc(F)cc(F)c2)c2cc(C(=O)O)cnc21. The predicted octanol–water partition coefficient (Wildman–Crippen LogP) is 2.88. The lowest BCUT2D eigenvalue weighted by Crippen LogP contribution is -2.36. The molecular weight excluding hydrogens is 318 g/mol. The van der Waals surface area contributed by atoms with E-state index in [2.05, 4.69) is 4.98 Å². The van der Waals surface area contributed by atoms with E-state index >= 15 is 0 Å². The van der Waals surface area contributed by atoms with E-state index in [1.54, 1.807) is 13.8 Å². The number of pyridine rings is 1. The quantitative estimate of drug-likeness (QED) is 0.938. The number of fused-ring (bicyclic) bond motifs is 1. The highest BCUT2D eigenvalue weighted by Gasteiger charge is 2.45. The molecule has 0 fully saturated rings. The Morgan fingerprint density at radius 2 is 1.83 bits per heavy atom. The molecular formula is C17H14F2N2O3. The summed E-state index contributed by atoms with van der Waals surface area (Å²) in [6, 6.07) is 4.37. The van der Waals surface area contributed by atoms with Crippen molar-refractivity contribution in [3.63, 3.8) is 0 Å². The molecule has 1 N–H and O–H groups in total. The van der Waals surface area contributed by atoms with Crippen molar-refractivity contribution in [1.29, 1.82) is 0 Å². The van der Waals surface area contributed by atoms with Crippen LogP contribution in [0.2, 0.25) is 0 Å². The lowest BCUT2D eigenvalue weighted by atomic mass is 9.90. The van der Waals surface area contributed by atoms with Crippen molar-refractivity contribution in [2.75, 3.05) is 4.90 Å². The first-order chi connectivity index (χ1) is 11.2. The van der Waals surface area contributed by atoms with E-state index in [4.69, 9.17) is 5.11 Å². The van der Waals surface area contributed by atoms with Crippen molar-refractivity contribution in [2.24, 2.45) is 0 Å². The summed E-state index contributed by atoms with van der Waals surface area (Å²) in [7, 11) is 0. The summed E-state index contributed by atoms with van der Waals surface area (Å²) in [5, 5.41) is 9.12. The highest BCUT2D eigenvalue weighted by atomic mass is 19.1. The van der Waals surface area contributed by atoms with Gasteiger partial charge in [-0.05, 0) is 37.6 Å². The average molecular weight is 332 g/mol. The highest BCUT2D eigenvalue weighted by molar-refractivity contribution is 6.07. The molecule has 3 rings (SSSR count). The van der Waals surface area contributed by atoms with Gasteiger partial charge in [0.15, 0.2) is 0 Å². The highest BCUT2D eigenvalue weighted by Crippen LogP contribution is 2.41. The van der Waals surface area contributed by atoms with Crippen molar-refractivity contribution in [3.05, 3.63) is 58.9 Å². The van der Waals surface area contributed by atoms with Crippen molar-refractivity contribution in [3.8, 4) is 0 Å². The van der Waals surface area contributed by atoms with Crippen LogP contribution in [0, 0.1) is 11.6 Å². The fourth-order valence-electron chi connectivity index (χ4n) is 2.85. The normalized spacial score (nSPS) is 15.5. The van der Waals surface area contributed by atoms with E-state index in [-0.39, 0.29) is 23.6 Å². The van der Waals surface area contributed by atoms with E-state index in [0.717, 1.165) is 18.2 Å². The van der Waals surface area contributed by atoms with Crippen LogP contribution in [-0.4, -0.2) is 22.0 Å². The molecule has 0 saturated carbocycles. The smallest absolute Gasteiger partial charge is 0.337 e. The van der Waals surface area contributed by atoms with Crippen LogP contribution in [0.25, 0.3) is 0 Å². The maximum Gasteiger partial charge on any atom is 0.337 e. The summed E-state index contributed by atoms with van der Waals surface area (Å²) in [4.78, 5) is 29.3. The monoisotopic (exact) mass is 332 g/mol. The zero-order chi connectivity index (χ0) is 17.6. The first-order valence-corrected chi connectivity index (χ1v) is 7.21. The van der Waals surface area contributed by atoms with Gasteiger partial charge >= 0.3 is 5.97 Å². The minimum Gasteiger partial charge on any atom is -0.478 e. The summed E-state index contributed by atoms with van der Waals surface area (Å²) in [6.07, 6.45) is 1.20. The van der Waals surface area contributed by atoms with Crippen LogP contribution in [0.15, 0.2) is 30.5 Å². The number of hydrogen-bond acceptors (Lipinski definition) is 3. The number of anilines is 1. The van der Waals surface area contributed by atoms with Gasteiger partial charge in [0.2, 0.25) is 5.91 Å². The number of rotatable bonds is 3. The molecule has 0 spiro atoms. The van der Waals surface area contributed by atoms with Gasteiger partial charge in [-0.1, -0.05) is 0 Å². The fraction of sp³-hybridized carbons (Fsp3) is 0.235. The third-order valence-electron chi connectivity index (χ3n) is 4.04. The van der Waals surface area contributed by atoms with E-state index in [1.807, 2.05) is 0 Å². The summed E-state index contributed by atoms with van der Waals surface area (Å²) < 4.78 is 26.8. The molecule has 1 amide bonds. The van der Waals surface area contributed by atoms with Crippen molar-refractivity contribution < 1.29 is 23.5 Å². The number of aromatic carboxylic acids is 1. The second-order valence-electron chi connectivity index (χ2n) is 6.19. The largest absolute Gasteiger partial charge is 0.478 e. The summed E-state index contributed by atoms with van der Waals surface area (Å²) in [5.74, 6) is -2.96. The molecule has 1 aromatic heterocycles. The van der Waals surface area contributed by atoms with Crippen LogP contribution >= 0.6 is 0 Å². The minimum absolute atomic E-state index is 0.0605. The van der Waals surface area contributed by atoms with E-state index < -0.39 is 23.0 Å². The molecule has 0 aliphatic carbocycles. The molecule has 0 bridgehead atoms. The molecule has 0 unspecified atom stereocenters. The number of halogens is 2. The molecule has 24 heavy (non-hydrogen) atoms. The number of carboxylic acid groups (broad SMARTS) is 1. The number of carbonyl (C=O) groups is 2. The first-order valence-electron chi connectivity index (χ1n) is 7.21. The van der Waals surface area contributed by atoms with E-state index in [1.165, 1.54) is 17.2 Å². The van der Waals surface area contributed by atoms with Crippen LogP contribution < -0.4 is 4.90 Å². The van der Waals surface area contributed by atoms with Gasteiger partial charge in [-0.25, -0.2) is 13.6 Å². The molecule has 5 nitrogen and oxygen atoms in total. The van der Waals surface area contributed by atoms with Gasteiger partial charge in [0.05, 0.1) is 28.9 Å². The topological polar surface area (TPSA) is 70.5 Å². The summed E-state index contributed by atoms with van der Waals surface area (Å²) in [6.45, 7) is 3.27. The molecule has 124 valence electrons. The predicted molar refractivity (Wildman–Crippen MR) is 81.8 cm³/mol. The van der Waals surface area contributed by atoms with Gasteiger partial charge in [-0.2, -0.15) is 0 Å². The Morgan fingerprint density at radius 1 is 1.21 bits per heavy atom. The molecule has 7 heteroatoms. The van der Waals surface area contributed by atoms with Crippen LogP contribution in [0.3, 0.4) is 0 Å². The van der Waals surface area contributed by atoms with Gasteiger partial charge in [0.25, 0.3) is 0 Å². The number of hydrogen-bond donors (Lipinski definition) is 1. The lowest BCUT2D eigenvalue weighted by Gasteiger charge is -2.20. The Labute approximate surface area is 136 Å². The Morgan fingerprint density at radius 3 is 2.42 bits per heavy atom.